The second-order valence-electron chi connectivity index (χ2n) is 14.2. The minimum Gasteiger partial charge on any atom is -0.429 e. The van der Waals surface area contributed by atoms with E-state index in [1.54, 1.807) is 11.8 Å². The Bertz CT molecular complexity index is 2110. The van der Waals surface area contributed by atoms with Crippen molar-refractivity contribution in [2.24, 2.45) is 0 Å². The molecule has 0 saturated carbocycles. The zero-order chi connectivity index (χ0) is 35.0. The fourth-order valence-corrected chi connectivity index (χ4v) is 9.24. The largest absolute Gasteiger partial charge is 0.429 e. The molecule has 3 heterocycles. The summed E-state index contributed by atoms with van der Waals surface area (Å²) < 4.78 is 9.99. The molecule has 0 N–H and O–H groups in total. The Labute approximate surface area is 305 Å². The molecule has 0 radical (unpaired) electrons. The number of fused-ring (bicyclic) bond motifs is 2. The van der Waals surface area contributed by atoms with Crippen LogP contribution in [0.4, 0.5) is 11.4 Å². The van der Waals surface area contributed by atoms with Crippen LogP contribution in [0.15, 0.2) is 131 Å². The molecule has 3 aliphatic rings. The van der Waals surface area contributed by atoms with Gasteiger partial charge >= 0.3 is 0 Å². The molecule has 0 bridgehead atoms. The van der Waals surface area contributed by atoms with Crippen molar-refractivity contribution in [3.63, 3.8) is 0 Å². The highest BCUT2D eigenvalue weighted by molar-refractivity contribution is 8.00. The smallest absolute Gasteiger partial charge is 0.300 e. The number of aromatic nitrogens is 2. The van der Waals surface area contributed by atoms with E-state index < -0.39 is 0 Å². The monoisotopic (exact) mass is 697 g/mol. The average molecular weight is 698 g/mol. The normalized spacial score (nSPS) is 19.5. The summed E-state index contributed by atoms with van der Waals surface area (Å²) in [6, 6.07) is 25.9. The van der Waals surface area contributed by atoms with Crippen molar-refractivity contribution >= 4 is 46.3 Å². The number of hydrogen-bond acceptors (Lipinski definition) is 6. The third-order valence-electron chi connectivity index (χ3n) is 10.4. The van der Waals surface area contributed by atoms with Crippen molar-refractivity contribution in [2.45, 2.75) is 67.9 Å². The molecular formula is C43H45N4OS2+. The molecule has 3 aromatic carbocycles. The first kappa shape index (κ1) is 34.0. The van der Waals surface area contributed by atoms with Gasteiger partial charge in [0.05, 0.1) is 5.41 Å². The predicted octanol–water partition coefficient (Wildman–Crippen LogP) is 10.8. The first-order valence-corrected chi connectivity index (χ1v) is 19.1. The van der Waals surface area contributed by atoms with Gasteiger partial charge in [0.25, 0.3) is 5.19 Å². The Hall–Kier alpha value is -4.46. The number of anilines is 1. The van der Waals surface area contributed by atoms with Crippen LogP contribution in [0.5, 0.6) is 5.19 Å². The summed E-state index contributed by atoms with van der Waals surface area (Å²) in [5.41, 5.74) is 12.3. The molecule has 0 fully saturated rings. The van der Waals surface area contributed by atoms with E-state index >= 15 is 0 Å². The molecule has 0 atom stereocenters. The van der Waals surface area contributed by atoms with Gasteiger partial charge in [-0.1, -0.05) is 110 Å². The van der Waals surface area contributed by atoms with Crippen LogP contribution in [0.1, 0.15) is 69.2 Å². The third kappa shape index (κ3) is 6.33. The Morgan fingerprint density at radius 2 is 1.64 bits per heavy atom. The minimum absolute atomic E-state index is 0.105. The van der Waals surface area contributed by atoms with Crippen molar-refractivity contribution in [1.82, 2.24) is 10.2 Å². The van der Waals surface area contributed by atoms with Gasteiger partial charge in [0, 0.05) is 47.3 Å². The van der Waals surface area contributed by atoms with Gasteiger partial charge in [0.1, 0.15) is 12.8 Å². The molecule has 0 unspecified atom stereocenters. The van der Waals surface area contributed by atoms with E-state index in [0.29, 0.717) is 5.19 Å². The summed E-state index contributed by atoms with van der Waals surface area (Å²) in [6.45, 7) is 13.1. The maximum atomic E-state index is 6.77. The van der Waals surface area contributed by atoms with E-state index in [2.05, 4.69) is 165 Å². The van der Waals surface area contributed by atoms with Gasteiger partial charge in [0.2, 0.25) is 5.69 Å². The van der Waals surface area contributed by atoms with Gasteiger partial charge in [-0.2, -0.15) is 4.58 Å². The van der Waals surface area contributed by atoms with E-state index in [4.69, 9.17) is 4.74 Å². The minimum atomic E-state index is -0.105. The standard InChI is InChI=1S/C43H45N4OS2/c1-8-29-20-22-30(23-21-29)28-49-41-45-44-40(50-41)48-39-31(24-26-37-42(2,3)33-16-9-11-18-35(33)46(37)6)14-13-15-32(39)25-27-38-43(4,5)34-17-10-12-19-36(34)47(38)7/h8-12,16-27H,1,13-15,28H2,2-7H3/q+1. The number of nitrogens with zero attached hydrogens (tertiary/aromatic N) is 4. The quantitative estimate of drug-likeness (QED) is 0.129. The summed E-state index contributed by atoms with van der Waals surface area (Å²) in [5.74, 6) is 1.71. The number of benzene rings is 3. The number of rotatable bonds is 9. The number of hydrogen-bond donors (Lipinski definition) is 0. The second-order valence-corrected chi connectivity index (χ2v) is 16.4. The first-order valence-electron chi connectivity index (χ1n) is 17.3. The van der Waals surface area contributed by atoms with Gasteiger partial charge in [-0.15, -0.1) is 5.10 Å². The summed E-state index contributed by atoms with van der Waals surface area (Å²) in [6.07, 6.45) is 13.9. The maximum absolute atomic E-state index is 6.77. The Balaban J connectivity index is 1.22. The van der Waals surface area contributed by atoms with Crippen LogP contribution in [-0.2, 0) is 16.6 Å². The number of para-hydroxylation sites is 2. The molecule has 1 aliphatic carbocycles. The van der Waals surface area contributed by atoms with Gasteiger partial charge in [-0.05, 0) is 90.5 Å². The number of likely N-dealkylation sites (N-methyl/N-ethyl adjacent to an activating group) is 1. The lowest BCUT2D eigenvalue weighted by atomic mass is 9.81. The van der Waals surface area contributed by atoms with Crippen molar-refractivity contribution in [2.75, 3.05) is 19.0 Å². The lowest BCUT2D eigenvalue weighted by Gasteiger charge is -2.24. The molecule has 2 aliphatic heterocycles. The van der Waals surface area contributed by atoms with Crippen LogP contribution < -0.4 is 9.64 Å². The molecule has 4 aromatic rings. The van der Waals surface area contributed by atoms with E-state index in [0.717, 1.165) is 40.7 Å². The summed E-state index contributed by atoms with van der Waals surface area (Å²) in [5, 5.41) is 9.58. The van der Waals surface area contributed by atoms with Gasteiger partial charge < -0.3 is 9.64 Å². The number of allylic oxidation sites excluding steroid dienone is 7. The predicted molar refractivity (Wildman–Crippen MR) is 211 cm³/mol. The number of ether oxygens (including phenoxy) is 1. The van der Waals surface area contributed by atoms with Crippen molar-refractivity contribution in [3.05, 3.63) is 149 Å². The van der Waals surface area contributed by atoms with E-state index in [1.807, 2.05) is 6.08 Å². The molecule has 7 heteroatoms. The highest BCUT2D eigenvalue weighted by Gasteiger charge is 2.42. The first-order chi connectivity index (χ1) is 24.1. The van der Waals surface area contributed by atoms with Crippen LogP contribution in [0.3, 0.4) is 0 Å². The molecule has 1 aromatic heterocycles. The van der Waals surface area contributed by atoms with Crippen LogP contribution in [0, 0.1) is 0 Å². The van der Waals surface area contributed by atoms with Crippen LogP contribution in [0.25, 0.3) is 6.08 Å². The maximum Gasteiger partial charge on any atom is 0.300 e. The highest BCUT2D eigenvalue weighted by atomic mass is 32.2. The van der Waals surface area contributed by atoms with Crippen molar-refractivity contribution in [3.8, 4) is 5.19 Å². The van der Waals surface area contributed by atoms with E-state index in [1.165, 1.54) is 62.0 Å². The molecule has 0 saturated heterocycles. The molecule has 0 amide bonds. The summed E-state index contributed by atoms with van der Waals surface area (Å²) in [4.78, 5) is 2.33. The van der Waals surface area contributed by atoms with Gasteiger partial charge in [0.15, 0.2) is 10.1 Å². The Morgan fingerprint density at radius 3 is 2.38 bits per heavy atom. The van der Waals surface area contributed by atoms with Crippen LogP contribution in [-0.4, -0.2) is 34.6 Å². The molecule has 7 rings (SSSR count). The summed E-state index contributed by atoms with van der Waals surface area (Å²) in [7, 11) is 4.34. The highest BCUT2D eigenvalue weighted by Crippen LogP contribution is 2.47. The van der Waals surface area contributed by atoms with E-state index in [-0.39, 0.29) is 10.8 Å². The zero-order valence-corrected chi connectivity index (χ0v) is 31.5. The molecule has 5 nitrogen and oxygen atoms in total. The number of thioether (sulfide) groups is 1. The second kappa shape index (κ2) is 13.7. The molecule has 50 heavy (non-hydrogen) atoms. The molecular weight excluding hydrogens is 653 g/mol. The van der Waals surface area contributed by atoms with Gasteiger partial charge in [-0.25, -0.2) is 0 Å². The average Bonchev–Trinajstić information content (AvgIpc) is 3.71. The lowest BCUT2D eigenvalue weighted by Crippen LogP contribution is -2.26. The molecule has 254 valence electrons. The Kier molecular flexibility index (Phi) is 9.31. The third-order valence-corrected chi connectivity index (χ3v) is 12.4. The summed E-state index contributed by atoms with van der Waals surface area (Å²) >= 11 is 3.19. The fraction of sp³-hybridized carbons (Fsp3) is 0.279. The Morgan fingerprint density at radius 1 is 0.900 bits per heavy atom. The van der Waals surface area contributed by atoms with E-state index in [9.17, 15) is 0 Å². The topological polar surface area (TPSA) is 41.3 Å². The van der Waals surface area contributed by atoms with Crippen molar-refractivity contribution < 1.29 is 9.31 Å². The lowest BCUT2D eigenvalue weighted by molar-refractivity contribution is -0.401. The fourth-order valence-electron chi connectivity index (χ4n) is 7.59. The SMILES string of the molecule is C=Cc1ccc(CSc2nnc(OC3=C(/C=C/C4=[N+](C)c5ccccc5C4(C)C)CCC/C3=C\C=C3\N(C)c4ccccc4C3(C)C)s2)cc1. The zero-order valence-electron chi connectivity index (χ0n) is 29.9. The van der Waals surface area contributed by atoms with Gasteiger partial charge in [-0.3, -0.25) is 0 Å². The van der Waals surface area contributed by atoms with Crippen LogP contribution >= 0.6 is 23.1 Å². The van der Waals surface area contributed by atoms with Crippen LogP contribution in [0.2, 0.25) is 0 Å². The molecule has 0 spiro atoms. The van der Waals surface area contributed by atoms with Crippen molar-refractivity contribution in [1.29, 1.82) is 0 Å².